The number of amides is 1. The van der Waals surface area contributed by atoms with Gasteiger partial charge in [0, 0.05) is 11.9 Å². The lowest BCUT2D eigenvalue weighted by Crippen LogP contribution is -2.43. The van der Waals surface area contributed by atoms with Crippen LogP contribution in [0.3, 0.4) is 0 Å². The summed E-state index contributed by atoms with van der Waals surface area (Å²) in [7, 11) is -3.27. The fourth-order valence-corrected chi connectivity index (χ4v) is 3.99. The molecule has 1 saturated heterocycles. The van der Waals surface area contributed by atoms with Crippen LogP contribution in [0.25, 0.3) is 0 Å². The van der Waals surface area contributed by atoms with E-state index in [2.05, 4.69) is 15.9 Å². The van der Waals surface area contributed by atoms with Crippen LogP contribution in [0.1, 0.15) is 6.42 Å². The largest absolute Gasteiger partial charge is 0.406 e. The van der Waals surface area contributed by atoms with Crippen molar-refractivity contribution >= 4 is 31.7 Å². The topological polar surface area (TPSA) is 54.5 Å². The van der Waals surface area contributed by atoms with Crippen LogP contribution in [0.4, 0.5) is 13.2 Å². The van der Waals surface area contributed by atoms with E-state index in [1.165, 1.54) is 0 Å². The summed E-state index contributed by atoms with van der Waals surface area (Å²) in [4.78, 5) is 12.5. The average Bonchev–Trinajstić information content (AvgIpc) is 2.55. The molecule has 106 valence electrons. The van der Waals surface area contributed by atoms with E-state index in [4.69, 9.17) is 0 Å². The first-order chi connectivity index (χ1) is 8.14. The first-order valence-electron chi connectivity index (χ1n) is 5.26. The quantitative estimate of drug-likeness (QED) is 0.715. The highest BCUT2D eigenvalue weighted by atomic mass is 79.9. The Hall–Kier alpha value is -0.310. The van der Waals surface area contributed by atoms with Crippen molar-refractivity contribution in [2.75, 3.05) is 29.9 Å². The maximum absolute atomic E-state index is 12.3. The molecule has 0 N–H and O–H groups in total. The zero-order valence-electron chi connectivity index (χ0n) is 9.41. The molecule has 1 atom stereocenters. The minimum atomic E-state index is -4.48. The summed E-state index contributed by atoms with van der Waals surface area (Å²) < 4.78 is 59.3. The van der Waals surface area contributed by atoms with Gasteiger partial charge in [-0.3, -0.25) is 4.79 Å². The van der Waals surface area contributed by atoms with Crippen LogP contribution < -0.4 is 0 Å². The molecule has 0 radical (unpaired) electrons. The normalized spacial score (nSPS) is 23.0. The minimum Gasteiger partial charge on any atom is -0.332 e. The molecule has 9 heteroatoms. The molecule has 0 saturated carbocycles. The van der Waals surface area contributed by atoms with Crippen LogP contribution in [0.2, 0.25) is 0 Å². The highest BCUT2D eigenvalue weighted by molar-refractivity contribution is 9.09. The number of carbonyl (C=O) groups excluding carboxylic acids is 1. The van der Waals surface area contributed by atoms with Crippen molar-refractivity contribution in [3.05, 3.63) is 0 Å². The second kappa shape index (κ2) is 5.77. The molecule has 0 aromatic rings. The summed E-state index contributed by atoms with van der Waals surface area (Å²) in [6.07, 6.45) is -4.37. The molecular weight excluding hydrogens is 339 g/mol. The molecule has 0 aromatic carbocycles. The molecule has 1 rings (SSSR count). The summed E-state index contributed by atoms with van der Waals surface area (Å²) in [6.45, 7) is -1.43. The molecule has 1 fully saturated rings. The molecule has 1 unspecified atom stereocenters. The number of carbonyl (C=O) groups is 1. The predicted octanol–water partition coefficient (Wildman–Crippen LogP) is 1.21. The smallest absolute Gasteiger partial charge is 0.332 e. The molecular formula is C9H13BrF3NO3S. The van der Waals surface area contributed by atoms with Crippen molar-refractivity contribution < 1.29 is 26.4 Å². The summed E-state index contributed by atoms with van der Waals surface area (Å²) in [6, 6.07) is 0. The molecule has 0 bridgehead atoms. The van der Waals surface area contributed by atoms with Crippen LogP contribution in [0.5, 0.6) is 0 Å². The van der Waals surface area contributed by atoms with Crippen LogP contribution >= 0.6 is 15.9 Å². The van der Waals surface area contributed by atoms with Gasteiger partial charge in [0.25, 0.3) is 0 Å². The predicted molar refractivity (Wildman–Crippen MR) is 63.2 cm³/mol. The van der Waals surface area contributed by atoms with E-state index >= 15 is 0 Å². The minimum absolute atomic E-state index is 0.0884. The number of hydrogen-bond acceptors (Lipinski definition) is 3. The molecule has 1 aliphatic heterocycles. The van der Waals surface area contributed by atoms with Crippen molar-refractivity contribution in [2.45, 2.75) is 12.6 Å². The third-order valence-electron chi connectivity index (χ3n) is 2.62. The molecule has 0 aliphatic carbocycles. The second-order valence-corrected chi connectivity index (χ2v) is 7.19. The van der Waals surface area contributed by atoms with Crippen molar-refractivity contribution in [1.82, 2.24) is 4.90 Å². The molecule has 1 aliphatic rings. The fourth-order valence-electron chi connectivity index (χ4n) is 1.83. The Morgan fingerprint density at radius 3 is 2.39 bits per heavy atom. The van der Waals surface area contributed by atoms with Gasteiger partial charge < -0.3 is 4.90 Å². The zero-order chi connectivity index (χ0) is 14.0. The highest BCUT2D eigenvalue weighted by Gasteiger charge is 2.39. The average molecular weight is 352 g/mol. The summed E-state index contributed by atoms with van der Waals surface area (Å²) >= 11 is 2.98. The van der Waals surface area contributed by atoms with E-state index in [9.17, 15) is 26.4 Å². The van der Waals surface area contributed by atoms with Gasteiger partial charge in [0.15, 0.2) is 9.84 Å². The SMILES string of the molecule is O=C(C1CCS(=O)(=O)C1)N(CCBr)CC(F)(F)F. The number of sulfone groups is 1. The summed E-state index contributed by atoms with van der Waals surface area (Å²) in [5.41, 5.74) is 0. The lowest BCUT2D eigenvalue weighted by molar-refractivity contribution is -0.162. The maximum atomic E-state index is 12.3. The third kappa shape index (κ3) is 4.75. The van der Waals surface area contributed by atoms with Crippen molar-refractivity contribution in [3.63, 3.8) is 0 Å². The van der Waals surface area contributed by atoms with E-state index in [0.29, 0.717) is 4.90 Å². The van der Waals surface area contributed by atoms with Gasteiger partial charge in [0.05, 0.1) is 17.4 Å². The van der Waals surface area contributed by atoms with E-state index in [-0.39, 0.29) is 29.8 Å². The molecule has 1 heterocycles. The zero-order valence-corrected chi connectivity index (χ0v) is 11.8. The van der Waals surface area contributed by atoms with Gasteiger partial charge in [-0.2, -0.15) is 13.2 Å². The highest BCUT2D eigenvalue weighted by Crippen LogP contribution is 2.23. The maximum Gasteiger partial charge on any atom is 0.406 e. The second-order valence-electron chi connectivity index (χ2n) is 4.16. The van der Waals surface area contributed by atoms with Gasteiger partial charge in [-0.25, -0.2) is 8.42 Å². The molecule has 0 spiro atoms. The van der Waals surface area contributed by atoms with E-state index < -0.39 is 34.4 Å². The Kier molecular flexibility index (Phi) is 5.05. The number of rotatable bonds is 4. The van der Waals surface area contributed by atoms with Gasteiger partial charge in [0.1, 0.15) is 6.54 Å². The molecule has 18 heavy (non-hydrogen) atoms. The van der Waals surface area contributed by atoms with Crippen LogP contribution in [-0.4, -0.2) is 55.3 Å². The molecule has 4 nitrogen and oxygen atoms in total. The molecule has 1 amide bonds. The Balaban J connectivity index is 2.71. The fraction of sp³-hybridized carbons (Fsp3) is 0.889. The standard InChI is InChI=1S/C9H13BrF3NO3S/c10-2-3-14(6-9(11,12)13)8(15)7-1-4-18(16,17)5-7/h7H,1-6H2. The number of hydrogen-bond donors (Lipinski definition) is 0. The van der Waals surface area contributed by atoms with Crippen molar-refractivity contribution in [2.24, 2.45) is 5.92 Å². The Morgan fingerprint density at radius 1 is 1.39 bits per heavy atom. The summed E-state index contributed by atoms with van der Waals surface area (Å²) in [5, 5.41) is 0.217. The van der Waals surface area contributed by atoms with Gasteiger partial charge >= 0.3 is 6.18 Å². The van der Waals surface area contributed by atoms with Gasteiger partial charge in [-0.1, -0.05) is 15.9 Å². The number of nitrogens with zero attached hydrogens (tertiary/aromatic N) is 1. The van der Waals surface area contributed by atoms with Crippen molar-refractivity contribution in [3.8, 4) is 0 Å². The van der Waals surface area contributed by atoms with Crippen molar-refractivity contribution in [1.29, 1.82) is 0 Å². The van der Waals surface area contributed by atoms with E-state index in [1.54, 1.807) is 0 Å². The van der Waals surface area contributed by atoms with Crippen LogP contribution in [0, 0.1) is 5.92 Å². The monoisotopic (exact) mass is 351 g/mol. The number of alkyl halides is 4. The molecule has 0 aromatic heterocycles. The Labute approximate surface area is 112 Å². The van der Waals surface area contributed by atoms with Crippen LogP contribution in [-0.2, 0) is 14.6 Å². The third-order valence-corrected chi connectivity index (χ3v) is 4.74. The van der Waals surface area contributed by atoms with E-state index in [1.807, 2.05) is 0 Å². The lowest BCUT2D eigenvalue weighted by atomic mass is 10.1. The van der Waals surface area contributed by atoms with E-state index in [0.717, 1.165) is 0 Å². The van der Waals surface area contributed by atoms with Gasteiger partial charge in [-0.05, 0) is 6.42 Å². The first kappa shape index (κ1) is 15.7. The van der Waals surface area contributed by atoms with Crippen LogP contribution in [0.15, 0.2) is 0 Å². The number of halogens is 4. The Morgan fingerprint density at radius 2 is 2.00 bits per heavy atom. The van der Waals surface area contributed by atoms with Gasteiger partial charge in [-0.15, -0.1) is 0 Å². The lowest BCUT2D eigenvalue weighted by Gasteiger charge is -2.25. The van der Waals surface area contributed by atoms with Gasteiger partial charge in [0.2, 0.25) is 5.91 Å². The first-order valence-corrected chi connectivity index (χ1v) is 8.21. The summed E-state index contributed by atoms with van der Waals surface area (Å²) in [5.74, 6) is -2.04. The Bertz CT molecular complexity index is 410.